The molecule has 1 fully saturated rings. The Morgan fingerprint density at radius 2 is 1.08 bits per heavy atom. The molecule has 1 saturated carbocycles. The van der Waals surface area contributed by atoms with Crippen LogP contribution in [0.4, 0.5) is 0 Å². The van der Waals surface area contributed by atoms with E-state index in [1.165, 1.54) is 95.1 Å². The third-order valence-electron chi connectivity index (χ3n) is 11.2. The molecule has 2 unspecified atom stereocenters. The summed E-state index contributed by atoms with van der Waals surface area (Å²) in [6.45, 7) is 0. The second kappa shape index (κ2) is 11.1. The van der Waals surface area contributed by atoms with Gasteiger partial charge in [-0.05, 0) is 100 Å². The summed E-state index contributed by atoms with van der Waals surface area (Å²) in [6, 6.07) is 62.3. The van der Waals surface area contributed by atoms with E-state index in [4.69, 9.17) is 0 Å². The van der Waals surface area contributed by atoms with Crippen molar-refractivity contribution < 1.29 is 0 Å². The van der Waals surface area contributed by atoms with Crippen molar-refractivity contribution >= 4 is 38.8 Å². The Morgan fingerprint density at radius 1 is 0.431 bits per heavy atom. The van der Waals surface area contributed by atoms with Gasteiger partial charge in [0.25, 0.3) is 0 Å². The van der Waals surface area contributed by atoms with Gasteiger partial charge in [0, 0.05) is 27.4 Å². The molecule has 2 atom stereocenters. The number of hydrogen-bond donors (Lipinski definition) is 0. The van der Waals surface area contributed by atoms with Crippen LogP contribution in [0.15, 0.2) is 176 Å². The van der Waals surface area contributed by atoms with Crippen LogP contribution in [0.1, 0.15) is 23.6 Å². The van der Waals surface area contributed by atoms with Crippen molar-refractivity contribution in [1.82, 2.24) is 9.13 Å². The van der Waals surface area contributed by atoms with E-state index in [0.29, 0.717) is 11.8 Å². The van der Waals surface area contributed by atoms with Gasteiger partial charge in [0.05, 0.1) is 27.9 Å². The molecular weight excluding hydrogens is 617 g/mol. The van der Waals surface area contributed by atoms with Crippen molar-refractivity contribution in [1.29, 1.82) is 0 Å². The topological polar surface area (TPSA) is 9.86 Å². The van der Waals surface area contributed by atoms with E-state index < -0.39 is 0 Å². The number of benzene rings is 7. The van der Waals surface area contributed by atoms with Crippen LogP contribution in [0.25, 0.3) is 83.5 Å². The predicted molar refractivity (Wildman–Crippen MR) is 214 cm³/mol. The van der Waals surface area contributed by atoms with Crippen LogP contribution in [0.5, 0.6) is 0 Å². The molecule has 0 spiro atoms. The Morgan fingerprint density at radius 3 is 1.90 bits per heavy atom. The Kier molecular flexibility index (Phi) is 6.17. The number of para-hydroxylation sites is 2. The fourth-order valence-electron chi connectivity index (χ4n) is 8.70. The first kappa shape index (κ1) is 28.5. The van der Waals surface area contributed by atoms with Gasteiger partial charge in [-0.2, -0.15) is 0 Å². The molecule has 2 heteroatoms. The zero-order valence-corrected chi connectivity index (χ0v) is 28.1. The molecule has 0 N–H and O–H groups in total. The highest BCUT2D eigenvalue weighted by molar-refractivity contribution is 6.10. The molecule has 240 valence electrons. The van der Waals surface area contributed by atoms with Crippen LogP contribution in [0.2, 0.25) is 0 Å². The van der Waals surface area contributed by atoms with Gasteiger partial charge in [-0.25, -0.2) is 0 Å². The lowest BCUT2D eigenvalue weighted by Gasteiger charge is -2.18. The fraction of sp³-hybridized carbons (Fsp3) is 0.0612. The number of hydrogen-bond acceptors (Lipinski definition) is 0. The zero-order valence-electron chi connectivity index (χ0n) is 28.1. The Labute approximate surface area is 297 Å². The van der Waals surface area contributed by atoms with Crippen molar-refractivity contribution in [3.63, 3.8) is 0 Å². The average molecular weight is 651 g/mol. The maximum absolute atomic E-state index is 2.56. The van der Waals surface area contributed by atoms with Gasteiger partial charge in [-0.15, -0.1) is 0 Å². The maximum atomic E-state index is 2.56. The lowest BCUT2D eigenvalue weighted by Crippen LogP contribution is -2.02. The first-order valence-corrected chi connectivity index (χ1v) is 18.0. The highest BCUT2D eigenvalue weighted by Crippen LogP contribution is 2.56. The molecule has 9 aromatic rings. The molecule has 0 amide bonds. The number of allylic oxidation sites excluding steroid dienone is 1. The van der Waals surface area contributed by atoms with Gasteiger partial charge in [0.1, 0.15) is 0 Å². The minimum atomic E-state index is 0.595. The molecule has 2 aliphatic rings. The number of fused-ring (bicyclic) bond motifs is 8. The number of nitrogens with zero attached hydrogens (tertiary/aromatic N) is 2. The Bertz CT molecular complexity index is 2820. The Hall–Kier alpha value is -6.38. The monoisotopic (exact) mass is 650 g/mol. The molecule has 2 aliphatic carbocycles. The fourth-order valence-corrected chi connectivity index (χ4v) is 8.70. The normalized spacial score (nSPS) is 16.1. The van der Waals surface area contributed by atoms with Gasteiger partial charge in [-0.3, -0.25) is 0 Å². The summed E-state index contributed by atoms with van der Waals surface area (Å²) < 4.78 is 4.95. The quantitative estimate of drug-likeness (QED) is 0.175. The summed E-state index contributed by atoms with van der Waals surface area (Å²) in [7, 11) is 0. The van der Waals surface area contributed by atoms with Gasteiger partial charge in [-0.1, -0.05) is 133 Å². The molecule has 51 heavy (non-hydrogen) atoms. The highest BCUT2D eigenvalue weighted by Gasteiger charge is 2.42. The molecule has 11 rings (SSSR count). The number of rotatable bonds is 5. The van der Waals surface area contributed by atoms with Crippen molar-refractivity contribution in [2.45, 2.75) is 12.3 Å². The van der Waals surface area contributed by atoms with Crippen LogP contribution < -0.4 is 0 Å². The third kappa shape index (κ3) is 4.43. The van der Waals surface area contributed by atoms with Crippen molar-refractivity contribution in [3.8, 4) is 44.8 Å². The molecule has 0 bridgehead atoms. The van der Waals surface area contributed by atoms with Gasteiger partial charge < -0.3 is 9.13 Å². The standard InChI is InChI=1S/C49H34N2/c1-4-12-32(13-5-1)35-20-24-39(33-14-6-2-7-15-33)47(30-35)51-46-27-23-37-29-42(37)49(46)41-25-21-36(31-48(41)51)34-22-26-45-43(28-34)40-18-10-11-19-44(40)50(45)38-16-8-3-9-17-38/h1-28,30-31,37,42H,29H2. The first-order chi connectivity index (χ1) is 25.3. The van der Waals surface area contributed by atoms with Crippen LogP contribution in [0, 0.1) is 5.92 Å². The van der Waals surface area contributed by atoms with E-state index >= 15 is 0 Å². The minimum Gasteiger partial charge on any atom is -0.309 e. The summed E-state index contributed by atoms with van der Waals surface area (Å²) in [6.07, 6.45) is 6.09. The summed E-state index contributed by atoms with van der Waals surface area (Å²) >= 11 is 0. The summed E-state index contributed by atoms with van der Waals surface area (Å²) in [5.74, 6) is 1.25. The van der Waals surface area contributed by atoms with Crippen LogP contribution >= 0.6 is 0 Å². The van der Waals surface area contributed by atoms with Crippen molar-refractivity contribution in [2.24, 2.45) is 5.92 Å². The average Bonchev–Trinajstić information content (AvgIpc) is 3.82. The SMILES string of the molecule is C1=CC2CC2c2c1n(-c1cc(-c3ccccc3)ccc1-c1ccccc1)c1cc(-c3ccc4c(c3)c3ccccc3n4-c3ccccc3)ccc21. The molecule has 0 radical (unpaired) electrons. The first-order valence-electron chi connectivity index (χ1n) is 18.0. The summed E-state index contributed by atoms with van der Waals surface area (Å²) in [5, 5.41) is 3.91. The van der Waals surface area contributed by atoms with Crippen molar-refractivity contribution in [2.75, 3.05) is 0 Å². The highest BCUT2D eigenvalue weighted by atomic mass is 15.0. The van der Waals surface area contributed by atoms with E-state index in [-0.39, 0.29) is 0 Å². The largest absolute Gasteiger partial charge is 0.309 e. The van der Waals surface area contributed by atoms with E-state index in [9.17, 15) is 0 Å². The molecule has 2 nitrogen and oxygen atoms in total. The third-order valence-corrected chi connectivity index (χ3v) is 11.2. The lowest BCUT2D eigenvalue weighted by molar-refractivity contribution is 0.976. The molecule has 7 aromatic carbocycles. The van der Waals surface area contributed by atoms with E-state index in [0.717, 1.165) is 0 Å². The van der Waals surface area contributed by atoms with Crippen LogP contribution in [0.3, 0.4) is 0 Å². The Balaban J connectivity index is 1.16. The molecule has 0 aliphatic heterocycles. The lowest BCUT2D eigenvalue weighted by atomic mass is 9.97. The second-order valence-electron chi connectivity index (χ2n) is 14.1. The van der Waals surface area contributed by atoms with E-state index in [1.54, 1.807) is 0 Å². The summed E-state index contributed by atoms with van der Waals surface area (Å²) in [4.78, 5) is 0. The molecule has 0 saturated heterocycles. The molecule has 2 aromatic heterocycles. The maximum Gasteiger partial charge on any atom is 0.0546 e. The van der Waals surface area contributed by atoms with Crippen LogP contribution in [-0.4, -0.2) is 9.13 Å². The summed E-state index contributed by atoms with van der Waals surface area (Å²) in [5.41, 5.74) is 16.3. The number of aromatic nitrogens is 2. The predicted octanol–water partition coefficient (Wildman–Crippen LogP) is 12.9. The second-order valence-corrected chi connectivity index (χ2v) is 14.1. The van der Waals surface area contributed by atoms with Gasteiger partial charge in [0.2, 0.25) is 0 Å². The van der Waals surface area contributed by atoms with E-state index in [2.05, 4.69) is 191 Å². The smallest absolute Gasteiger partial charge is 0.0546 e. The molecule has 2 heterocycles. The van der Waals surface area contributed by atoms with Crippen LogP contribution in [-0.2, 0) is 0 Å². The zero-order chi connectivity index (χ0) is 33.5. The molecular formula is C49H34N2. The van der Waals surface area contributed by atoms with Crippen molar-refractivity contribution in [3.05, 3.63) is 187 Å². The van der Waals surface area contributed by atoms with Gasteiger partial charge in [0.15, 0.2) is 0 Å². The van der Waals surface area contributed by atoms with Gasteiger partial charge >= 0.3 is 0 Å². The minimum absolute atomic E-state index is 0.595. The van der Waals surface area contributed by atoms with E-state index in [1.807, 2.05) is 0 Å².